The van der Waals surface area contributed by atoms with Gasteiger partial charge in [-0.15, -0.1) is 0 Å². The lowest BCUT2D eigenvalue weighted by Gasteiger charge is -2.27. The monoisotopic (exact) mass is 302 g/mol. The van der Waals surface area contributed by atoms with Crippen molar-refractivity contribution >= 4 is 11.8 Å². The fraction of sp³-hybridized carbons (Fsp3) is 0.556. The first-order chi connectivity index (χ1) is 10.6. The fourth-order valence-corrected chi connectivity index (χ4v) is 3.01. The summed E-state index contributed by atoms with van der Waals surface area (Å²) in [4.78, 5) is 25.4. The minimum Gasteiger partial charge on any atom is -0.352 e. The third kappa shape index (κ3) is 4.58. The molecular formula is C18H26N2O2. The van der Waals surface area contributed by atoms with Crippen LogP contribution < -0.4 is 5.32 Å². The van der Waals surface area contributed by atoms with Crippen molar-refractivity contribution in [1.29, 1.82) is 0 Å². The lowest BCUT2D eigenvalue weighted by atomic mass is 10.1. The van der Waals surface area contributed by atoms with Gasteiger partial charge in [-0.25, -0.2) is 0 Å². The van der Waals surface area contributed by atoms with Crippen LogP contribution in [0, 0.1) is 0 Å². The molecule has 1 aliphatic rings. The van der Waals surface area contributed by atoms with Crippen molar-refractivity contribution in [2.24, 2.45) is 0 Å². The van der Waals surface area contributed by atoms with Crippen molar-refractivity contribution in [3.63, 3.8) is 0 Å². The van der Waals surface area contributed by atoms with Gasteiger partial charge in [0.15, 0.2) is 0 Å². The molecule has 0 radical (unpaired) electrons. The minimum absolute atomic E-state index is 0.0479. The van der Waals surface area contributed by atoms with Gasteiger partial charge in [0, 0.05) is 32.1 Å². The molecule has 1 fully saturated rings. The van der Waals surface area contributed by atoms with E-state index in [0.29, 0.717) is 12.6 Å². The summed E-state index contributed by atoms with van der Waals surface area (Å²) in [5.74, 6) is 0.0474. The highest BCUT2D eigenvalue weighted by Crippen LogP contribution is 2.22. The number of carbonyl (C=O) groups is 2. The van der Waals surface area contributed by atoms with Crippen LogP contribution in [0.1, 0.15) is 61.4 Å². The van der Waals surface area contributed by atoms with Crippen LogP contribution in [-0.2, 0) is 11.3 Å². The van der Waals surface area contributed by atoms with Crippen LogP contribution >= 0.6 is 0 Å². The van der Waals surface area contributed by atoms with Crippen LogP contribution in [0.2, 0.25) is 0 Å². The van der Waals surface area contributed by atoms with E-state index in [1.165, 1.54) is 32.6 Å². The molecule has 0 spiro atoms. The number of nitrogens with one attached hydrogen (secondary N) is 1. The molecular weight excluding hydrogens is 276 g/mol. The average molecular weight is 302 g/mol. The zero-order valence-corrected chi connectivity index (χ0v) is 13.6. The topological polar surface area (TPSA) is 49.4 Å². The van der Waals surface area contributed by atoms with Gasteiger partial charge in [0.05, 0.1) is 0 Å². The van der Waals surface area contributed by atoms with Crippen LogP contribution in [0.25, 0.3) is 0 Å². The van der Waals surface area contributed by atoms with Crippen LogP contribution in [0.4, 0.5) is 0 Å². The Balaban J connectivity index is 1.97. The second kappa shape index (κ2) is 7.97. The van der Waals surface area contributed by atoms with Gasteiger partial charge in [0.1, 0.15) is 0 Å². The predicted molar refractivity (Wildman–Crippen MR) is 87.5 cm³/mol. The Hall–Kier alpha value is -1.84. The van der Waals surface area contributed by atoms with Crippen molar-refractivity contribution in [1.82, 2.24) is 10.2 Å². The highest BCUT2D eigenvalue weighted by atomic mass is 16.2. The molecule has 120 valence electrons. The Labute approximate surface area is 132 Å². The van der Waals surface area contributed by atoms with Crippen molar-refractivity contribution in [3.05, 3.63) is 35.4 Å². The maximum absolute atomic E-state index is 12.6. The summed E-state index contributed by atoms with van der Waals surface area (Å²) < 4.78 is 0. The van der Waals surface area contributed by atoms with Crippen molar-refractivity contribution in [3.8, 4) is 0 Å². The fourth-order valence-electron chi connectivity index (χ4n) is 3.01. The number of hydrogen-bond acceptors (Lipinski definition) is 2. The molecule has 0 bridgehead atoms. The van der Waals surface area contributed by atoms with Crippen LogP contribution in [-0.4, -0.2) is 29.8 Å². The summed E-state index contributed by atoms with van der Waals surface area (Å²) in [6, 6.07) is 7.89. The van der Waals surface area contributed by atoms with Gasteiger partial charge in [-0.1, -0.05) is 37.8 Å². The van der Waals surface area contributed by atoms with Gasteiger partial charge in [-0.3, -0.25) is 9.59 Å². The average Bonchev–Trinajstić information content (AvgIpc) is 2.81. The summed E-state index contributed by atoms with van der Waals surface area (Å²) in [5.41, 5.74) is 1.72. The number of amides is 2. The van der Waals surface area contributed by atoms with E-state index in [1.54, 1.807) is 0 Å². The van der Waals surface area contributed by atoms with Gasteiger partial charge < -0.3 is 10.2 Å². The van der Waals surface area contributed by atoms with Crippen LogP contribution in [0.5, 0.6) is 0 Å². The van der Waals surface area contributed by atoms with Gasteiger partial charge in [0.2, 0.25) is 5.91 Å². The van der Waals surface area contributed by atoms with Crippen LogP contribution in [0.3, 0.4) is 0 Å². The molecule has 0 aliphatic heterocycles. The van der Waals surface area contributed by atoms with Gasteiger partial charge >= 0.3 is 0 Å². The summed E-state index contributed by atoms with van der Waals surface area (Å²) >= 11 is 0. The molecule has 0 atom stereocenters. The molecule has 0 aromatic heterocycles. The Morgan fingerprint density at radius 3 is 2.23 bits per heavy atom. The quantitative estimate of drug-likeness (QED) is 0.869. The molecule has 1 saturated carbocycles. The molecule has 1 aromatic rings. The van der Waals surface area contributed by atoms with Gasteiger partial charge in [0.25, 0.3) is 5.91 Å². The van der Waals surface area contributed by atoms with Gasteiger partial charge in [-0.05, 0) is 30.5 Å². The van der Waals surface area contributed by atoms with E-state index in [1.807, 2.05) is 36.2 Å². The lowest BCUT2D eigenvalue weighted by Crippen LogP contribution is -2.36. The van der Waals surface area contributed by atoms with Crippen LogP contribution in [0.15, 0.2) is 24.3 Å². The van der Waals surface area contributed by atoms with Crippen molar-refractivity contribution < 1.29 is 9.59 Å². The highest BCUT2D eigenvalue weighted by Gasteiger charge is 2.22. The Kier molecular flexibility index (Phi) is 5.99. The largest absolute Gasteiger partial charge is 0.352 e. The molecule has 4 nitrogen and oxygen atoms in total. The van der Waals surface area contributed by atoms with Crippen molar-refractivity contribution in [2.75, 3.05) is 7.05 Å². The first-order valence-corrected chi connectivity index (χ1v) is 8.18. The standard InChI is InChI=1S/C18H26N2O2/c1-14(21)19-13-15-9-11-16(12-10-15)18(22)20(2)17-7-5-3-4-6-8-17/h9-12,17H,3-8,13H2,1-2H3,(H,19,21). The maximum atomic E-state index is 12.6. The highest BCUT2D eigenvalue weighted by molar-refractivity contribution is 5.94. The number of benzene rings is 1. The van der Waals surface area contributed by atoms with E-state index in [0.717, 1.165) is 24.0 Å². The predicted octanol–water partition coefficient (Wildman–Crippen LogP) is 3.12. The van der Waals surface area contributed by atoms with Crippen molar-refractivity contribution in [2.45, 2.75) is 58.0 Å². The molecule has 0 heterocycles. The first-order valence-electron chi connectivity index (χ1n) is 8.18. The zero-order chi connectivity index (χ0) is 15.9. The number of nitrogens with zero attached hydrogens (tertiary/aromatic N) is 1. The van der Waals surface area contributed by atoms with E-state index in [-0.39, 0.29) is 11.8 Å². The van der Waals surface area contributed by atoms with E-state index >= 15 is 0 Å². The molecule has 2 rings (SSSR count). The molecule has 4 heteroatoms. The minimum atomic E-state index is -0.0479. The Morgan fingerprint density at radius 1 is 1.09 bits per heavy atom. The Bertz CT molecular complexity index is 502. The smallest absolute Gasteiger partial charge is 0.253 e. The molecule has 1 aliphatic carbocycles. The van der Waals surface area contributed by atoms with E-state index in [9.17, 15) is 9.59 Å². The SMILES string of the molecule is CC(=O)NCc1ccc(C(=O)N(C)C2CCCCCC2)cc1. The normalized spacial score (nSPS) is 15.9. The van der Waals surface area contributed by atoms with E-state index in [2.05, 4.69) is 5.32 Å². The number of rotatable bonds is 4. The third-order valence-electron chi connectivity index (χ3n) is 4.44. The third-order valence-corrected chi connectivity index (χ3v) is 4.44. The molecule has 0 unspecified atom stereocenters. The molecule has 1 N–H and O–H groups in total. The molecule has 1 aromatic carbocycles. The second-order valence-corrected chi connectivity index (χ2v) is 6.17. The molecule has 22 heavy (non-hydrogen) atoms. The Morgan fingerprint density at radius 2 is 1.68 bits per heavy atom. The summed E-state index contributed by atoms with van der Waals surface area (Å²) in [6.07, 6.45) is 7.24. The first kappa shape index (κ1) is 16.5. The second-order valence-electron chi connectivity index (χ2n) is 6.17. The summed E-state index contributed by atoms with van der Waals surface area (Å²) in [5, 5.41) is 2.76. The van der Waals surface area contributed by atoms with E-state index < -0.39 is 0 Å². The summed E-state index contributed by atoms with van der Waals surface area (Å²) in [7, 11) is 1.92. The molecule has 0 saturated heterocycles. The van der Waals surface area contributed by atoms with E-state index in [4.69, 9.17) is 0 Å². The molecule has 2 amide bonds. The lowest BCUT2D eigenvalue weighted by molar-refractivity contribution is -0.119. The maximum Gasteiger partial charge on any atom is 0.253 e. The number of hydrogen-bond donors (Lipinski definition) is 1. The number of carbonyl (C=O) groups excluding carboxylic acids is 2. The summed E-state index contributed by atoms with van der Waals surface area (Å²) in [6.45, 7) is 2.00. The van der Waals surface area contributed by atoms with Gasteiger partial charge in [-0.2, -0.15) is 0 Å². The zero-order valence-electron chi connectivity index (χ0n) is 13.6.